The minimum atomic E-state index is -3.00. The molecule has 2 aromatic carbocycles. The topological polar surface area (TPSA) is 105 Å². The molecule has 2 aromatic rings. The Morgan fingerprint density at radius 1 is 1.25 bits per heavy atom. The van der Waals surface area contributed by atoms with Gasteiger partial charge in [-0.1, -0.05) is 6.42 Å². The largest absolute Gasteiger partial charge is 0.755 e. The molecule has 1 unspecified atom stereocenters. The number of hydrogen-bond donors (Lipinski definition) is 2. The first-order valence-corrected chi connectivity index (χ1v) is 13.0. The number of nitrogens with zero attached hydrogens (tertiary/aromatic N) is 2. The first-order chi connectivity index (χ1) is 17.1. The molecule has 2 fully saturated rings. The molecule has 0 radical (unpaired) electrons. The van der Waals surface area contributed by atoms with Gasteiger partial charge in [0, 0.05) is 11.6 Å². The van der Waals surface area contributed by atoms with Crippen LogP contribution >= 0.6 is 0 Å². The number of likely N-dealkylation sites (tertiary alicyclic amines) is 1. The van der Waals surface area contributed by atoms with Crippen molar-refractivity contribution in [2.75, 3.05) is 29.8 Å². The third-order valence-electron chi connectivity index (χ3n) is 7.72. The van der Waals surface area contributed by atoms with E-state index in [9.17, 15) is 22.7 Å². The minimum Gasteiger partial charge on any atom is -0.755 e. The number of rotatable bonds is 5. The van der Waals surface area contributed by atoms with Crippen molar-refractivity contribution in [3.63, 3.8) is 0 Å². The van der Waals surface area contributed by atoms with Gasteiger partial charge in [0.25, 0.3) is 5.91 Å². The van der Waals surface area contributed by atoms with Gasteiger partial charge in [-0.3, -0.25) is 18.1 Å². The summed E-state index contributed by atoms with van der Waals surface area (Å²) in [6, 6.07) is 4.83. The number of halogens is 2. The van der Waals surface area contributed by atoms with E-state index in [-0.39, 0.29) is 34.5 Å². The van der Waals surface area contributed by atoms with Crippen LogP contribution in [0.5, 0.6) is 0 Å². The summed E-state index contributed by atoms with van der Waals surface area (Å²) in [5, 5.41) is 5.86. The molecule has 192 valence electrons. The van der Waals surface area contributed by atoms with Crippen LogP contribution in [0.1, 0.15) is 53.6 Å². The second kappa shape index (κ2) is 9.20. The lowest BCUT2D eigenvalue weighted by Crippen LogP contribution is -2.43. The molecule has 1 saturated heterocycles. The van der Waals surface area contributed by atoms with E-state index in [1.165, 1.54) is 19.1 Å². The Balaban J connectivity index is 1.62. The van der Waals surface area contributed by atoms with Crippen LogP contribution < -0.4 is 14.9 Å². The summed E-state index contributed by atoms with van der Waals surface area (Å²) < 4.78 is 54.4. The fourth-order valence-corrected chi connectivity index (χ4v) is 5.92. The lowest BCUT2D eigenvalue weighted by Gasteiger charge is -2.37. The van der Waals surface area contributed by atoms with E-state index >= 15 is 4.39 Å². The Hall–Kier alpha value is -2.89. The van der Waals surface area contributed by atoms with Crippen LogP contribution in [-0.2, 0) is 21.5 Å². The molecule has 5 rings (SSSR count). The lowest BCUT2D eigenvalue weighted by molar-refractivity contribution is -0.123. The molecule has 1 aliphatic carbocycles. The Morgan fingerprint density at radius 3 is 2.56 bits per heavy atom. The first-order valence-electron chi connectivity index (χ1n) is 12.0. The zero-order valence-electron chi connectivity index (χ0n) is 20.0. The number of hydrogen-bond acceptors (Lipinski definition) is 5. The summed E-state index contributed by atoms with van der Waals surface area (Å²) in [5.74, 6) is -2.49. The van der Waals surface area contributed by atoms with E-state index in [1.807, 2.05) is 7.05 Å². The van der Waals surface area contributed by atoms with E-state index < -0.39 is 34.2 Å². The van der Waals surface area contributed by atoms with Crippen molar-refractivity contribution in [2.45, 2.75) is 50.5 Å². The van der Waals surface area contributed by atoms with Crippen LogP contribution in [0, 0.1) is 18.6 Å². The number of piperidine rings is 1. The van der Waals surface area contributed by atoms with Crippen LogP contribution in [0.15, 0.2) is 24.3 Å². The molecular formula is C25H27F2N4O4S-. The predicted molar refractivity (Wildman–Crippen MR) is 131 cm³/mol. The molecule has 2 amide bonds. The average Bonchev–Trinajstić information content (AvgIpc) is 3.12. The molecule has 1 atom stereocenters. The highest BCUT2D eigenvalue weighted by atomic mass is 32.2. The monoisotopic (exact) mass is 517 g/mol. The summed E-state index contributed by atoms with van der Waals surface area (Å²) in [6.07, 6.45) is 3.47. The summed E-state index contributed by atoms with van der Waals surface area (Å²) in [6.45, 7) is 2.87. The maximum absolute atomic E-state index is 15.0. The highest BCUT2D eigenvalue weighted by Gasteiger charge is 2.52. The zero-order chi connectivity index (χ0) is 25.8. The van der Waals surface area contributed by atoms with E-state index in [1.54, 1.807) is 0 Å². The summed E-state index contributed by atoms with van der Waals surface area (Å²) >= 11 is -3.00. The highest BCUT2D eigenvalue weighted by Crippen LogP contribution is 2.53. The number of anilines is 3. The van der Waals surface area contributed by atoms with E-state index in [0.717, 1.165) is 44.5 Å². The van der Waals surface area contributed by atoms with E-state index in [2.05, 4.69) is 15.5 Å². The number of benzene rings is 2. The smallest absolute Gasteiger partial charge is 0.253 e. The summed E-state index contributed by atoms with van der Waals surface area (Å²) in [7, 11) is 2.01. The maximum atomic E-state index is 15.0. The standard InChI is InChI=1S/C25H28F2N4O4S/c1-14-19(26)4-5-20(21(14)27)31(36(34)35)16-12-17(23(32)28-15-6-10-30(2)11-7-15)22-18(13-16)25(8-3-9-25)24(33)29-22/h4-5,12-13,15H,3,6-11H2,1-2H3,(H,28,32)(H,29,33)(H,34,35)/p-1. The summed E-state index contributed by atoms with van der Waals surface area (Å²) in [5.41, 5.74) is -0.529. The first kappa shape index (κ1) is 24.8. The Bertz CT molecular complexity index is 1280. The predicted octanol–water partition coefficient (Wildman–Crippen LogP) is 3.40. The van der Waals surface area contributed by atoms with Gasteiger partial charge in [-0.2, -0.15) is 0 Å². The number of nitrogens with one attached hydrogen (secondary N) is 2. The third kappa shape index (κ3) is 3.99. The van der Waals surface area contributed by atoms with Gasteiger partial charge in [0.2, 0.25) is 5.91 Å². The fraction of sp³-hybridized carbons (Fsp3) is 0.440. The van der Waals surface area contributed by atoms with Crippen LogP contribution in [0.4, 0.5) is 25.8 Å². The van der Waals surface area contributed by atoms with E-state index in [4.69, 9.17) is 0 Å². The van der Waals surface area contributed by atoms with Crippen molar-refractivity contribution in [2.24, 2.45) is 0 Å². The highest BCUT2D eigenvalue weighted by molar-refractivity contribution is 7.81. The van der Waals surface area contributed by atoms with Gasteiger partial charge >= 0.3 is 0 Å². The molecule has 1 spiro atoms. The van der Waals surface area contributed by atoms with Gasteiger partial charge in [-0.05, 0) is 82.6 Å². The van der Waals surface area contributed by atoms with Gasteiger partial charge in [0.05, 0.1) is 39.3 Å². The minimum absolute atomic E-state index is 0.00305. The second-order valence-corrected chi connectivity index (χ2v) is 10.7. The molecule has 0 bridgehead atoms. The van der Waals surface area contributed by atoms with Crippen LogP contribution in [-0.4, -0.2) is 51.7 Å². The number of amides is 2. The average molecular weight is 518 g/mol. The fourth-order valence-electron chi connectivity index (χ4n) is 5.34. The van der Waals surface area contributed by atoms with Gasteiger partial charge in [0.15, 0.2) is 5.82 Å². The summed E-state index contributed by atoms with van der Waals surface area (Å²) in [4.78, 5) is 28.6. The van der Waals surface area contributed by atoms with Crippen molar-refractivity contribution in [3.8, 4) is 0 Å². The van der Waals surface area contributed by atoms with Crippen molar-refractivity contribution in [3.05, 3.63) is 52.6 Å². The molecule has 1 saturated carbocycles. The molecule has 2 heterocycles. The molecular weight excluding hydrogens is 490 g/mol. The molecule has 36 heavy (non-hydrogen) atoms. The zero-order valence-corrected chi connectivity index (χ0v) is 20.8. The molecule has 11 heteroatoms. The van der Waals surface area contributed by atoms with Crippen molar-refractivity contribution in [1.29, 1.82) is 0 Å². The van der Waals surface area contributed by atoms with Gasteiger partial charge < -0.3 is 20.1 Å². The van der Waals surface area contributed by atoms with Crippen LogP contribution in [0.3, 0.4) is 0 Å². The van der Waals surface area contributed by atoms with Gasteiger partial charge in [0.1, 0.15) is 5.82 Å². The van der Waals surface area contributed by atoms with Crippen LogP contribution in [0.2, 0.25) is 0 Å². The SMILES string of the molecule is Cc1c(F)ccc(N(c2cc(C(=O)NC3CCN(C)CC3)c3c(c2)C2(CCC2)C(=O)N3)S(=O)[O-])c1F. The van der Waals surface area contributed by atoms with E-state index in [0.29, 0.717) is 28.4 Å². The normalized spacial score (nSPS) is 20.0. The molecule has 2 aliphatic heterocycles. The van der Waals surface area contributed by atoms with Gasteiger partial charge in [-0.25, -0.2) is 8.78 Å². The quantitative estimate of drug-likeness (QED) is 0.592. The second-order valence-electron chi connectivity index (χ2n) is 9.87. The number of fused-ring (bicyclic) bond motifs is 2. The lowest BCUT2D eigenvalue weighted by atomic mass is 9.65. The Labute approximate surface area is 210 Å². The third-order valence-corrected chi connectivity index (χ3v) is 8.43. The van der Waals surface area contributed by atoms with Crippen molar-refractivity contribution < 1.29 is 27.1 Å². The number of carbonyl (C=O) groups excluding carboxylic acids is 2. The van der Waals surface area contributed by atoms with Crippen molar-refractivity contribution in [1.82, 2.24) is 10.2 Å². The molecule has 0 aromatic heterocycles. The Kier molecular flexibility index (Phi) is 6.34. The van der Waals surface area contributed by atoms with Crippen molar-refractivity contribution >= 4 is 40.1 Å². The molecule has 3 aliphatic rings. The van der Waals surface area contributed by atoms with Gasteiger partial charge in [-0.15, -0.1) is 0 Å². The molecule has 2 N–H and O–H groups in total. The Morgan fingerprint density at radius 2 is 1.94 bits per heavy atom. The maximum Gasteiger partial charge on any atom is 0.253 e. The number of carbonyl (C=O) groups is 2. The molecule has 8 nitrogen and oxygen atoms in total. The van der Waals surface area contributed by atoms with Crippen LogP contribution in [0.25, 0.3) is 0 Å².